The van der Waals surface area contributed by atoms with E-state index in [-0.39, 0.29) is 5.56 Å². The Morgan fingerprint density at radius 2 is 1.76 bits per heavy atom. The molecule has 21 heavy (non-hydrogen) atoms. The number of ether oxygens (including phenoxy) is 2. The summed E-state index contributed by atoms with van der Waals surface area (Å²) in [6.45, 7) is 0.924. The zero-order valence-electron chi connectivity index (χ0n) is 12.6. The number of hydrogen-bond donors (Lipinski definition) is 1. The van der Waals surface area contributed by atoms with Crippen molar-refractivity contribution >= 4 is 10.9 Å². The highest BCUT2D eigenvalue weighted by Gasteiger charge is 2.12. The van der Waals surface area contributed by atoms with Crippen LogP contribution in [0.1, 0.15) is 0 Å². The monoisotopic (exact) mass is 293 g/mol. The molecule has 0 amide bonds. The lowest BCUT2D eigenvalue weighted by molar-refractivity contribution is 0.355. The van der Waals surface area contributed by atoms with Crippen molar-refractivity contribution in [1.29, 1.82) is 0 Å². The van der Waals surface area contributed by atoms with E-state index in [1.165, 1.54) is 18.8 Å². The summed E-state index contributed by atoms with van der Waals surface area (Å²) in [6.07, 6.45) is 0. The first-order valence-electron chi connectivity index (χ1n) is 6.51. The zero-order chi connectivity index (χ0) is 15.6. The van der Waals surface area contributed by atoms with Crippen LogP contribution >= 0.6 is 0 Å². The molecule has 0 bridgehead atoms. The normalized spacial score (nSPS) is 11.1. The first-order chi connectivity index (χ1) is 9.97. The van der Waals surface area contributed by atoms with Gasteiger partial charge in [-0.25, -0.2) is 4.79 Å². The first-order valence-corrected chi connectivity index (χ1v) is 6.51. The minimum Gasteiger partial charge on any atom is -0.493 e. The van der Waals surface area contributed by atoms with Gasteiger partial charge in [-0.2, -0.15) is 0 Å². The van der Waals surface area contributed by atoms with Crippen LogP contribution in [-0.2, 0) is 6.54 Å². The number of likely N-dealkylation sites (N-methyl/N-ethyl adjacent to an activating group) is 1. The number of hydrogen-bond acceptors (Lipinski definition) is 5. The highest BCUT2D eigenvalue weighted by molar-refractivity contribution is 5.81. The van der Waals surface area contributed by atoms with E-state index in [4.69, 9.17) is 9.47 Å². The van der Waals surface area contributed by atoms with E-state index in [2.05, 4.69) is 4.98 Å². The molecule has 1 aromatic carbocycles. The largest absolute Gasteiger partial charge is 0.493 e. The van der Waals surface area contributed by atoms with Crippen molar-refractivity contribution in [1.82, 2.24) is 14.5 Å². The Kier molecular flexibility index (Phi) is 4.32. The Balaban J connectivity index is 2.65. The fraction of sp³-hybridized carbons (Fsp3) is 0.429. The summed E-state index contributed by atoms with van der Waals surface area (Å²) in [4.78, 5) is 29.1. The molecule has 0 aliphatic rings. The summed E-state index contributed by atoms with van der Waals surface area (Å²) in [6, 6.07) is 3.17. The lowest BCUT2D eigenvalue weighted by Gasteiger charge is -2.12. The van der Waals surface area contributed by atoms with Crippen LogP contribution < -0.4 is 20.7 Å². The van der Waals surface area contributed by atoms with Gasteiger partial charge < -0.3 is 19.4 Å². The summed E-state index contributed by atoms with van der Waals surface area (Å²) in [5.74, 6) is 0.916. The molecular weight excluding hydrogens is 274 g/mol. The van der Waals surface area contributed by atoms with E-state index >= 15 is 0 Å². The Morgan fingerprint density at radius 1 is 1.14 bits per heavy atom. The predicted molar refractivity (Wildman–Crippen MR) is 80.5 cm³/mol. The van der Waals surface area contributed by atoms with Gasteiger partial charge in [-0.1, -0.05) is 0 Å². The van der Waals surface area contributed by atoms with Gasteiger partial charge in [0.2, 0.25) is 0 Å². The van der Waals surface area contributed by atoms with Crippen molar-refractivity contribution < 1.29 is 9.47 Å². The van der Waals surface area contributed by atoms with Crippen LogP contribution in [0.25, 0.3) is 10.9 Å². The van der Waals surface area contributed by atoms with Crippen molar-refractivity contribution in [2.45, 2.75) is 6.54 Å². The molecule has 7 nitrogen and oxygen atoms in total. The first kappa shape index (κ1) is 15.1. The summed E-state index contributed by atoms with van der Waals surface area (Å²) in [7, 11) is 6.77. The summed E-state index contributed by atoms with van der Waals surface area (Å²) in [5.41, 5.74) is -0.332. The number of aromatic nitrogens is 2. The van der Waals surface area contributed by atoms with Crippen LogP contribution in [0.5, 0.6) is 11.5 Å². The maximum atomic E-state index is 12.5. The summed E-state index contributed by atoms with van der Waals surface area (Å²) in [5, 5.41) is 0.394. The third-order valence-corrected chi connectivity index (χ3v) is 3.26. The summed E-state index contributed by atoms with van der Waals surface area (Å²) >= 11 is 0. The van der Waals surface area contributed by atoms with Gasteiger partial charge in [0, 0.05) is 19.2 Å². The zero-order valence-corrected chi connectivity index (χ0v) is 12.6. The molecule has 0 radical (unpaired) electrons. The Labute approximate surface area is 121 Å². The lowest BCUT2D eigenvalue weighted by atomic mass is 10.2. The van der Waals surface area contributed by atoms with Gasteiger partial charge in [-0.3, -0.25) is 9.36 Å². The van der Waals surface area contributed by atoms with E-state index < -0.39 is 5.69 Å². The van der Waals surface area contributed by atoms with E-state index in [1.807, 2.05) is 19.0 Å². The Morgan fingerprint density at radius 3 is 2.33 bits per heavy atom. The van der Waals surface area contributed by atoms with Crippen molar-refractivity contribution in [3.05, 3.63) is 33.0 Å². The van der Waals surface area contributed by atoms with Crippen LogP contribution in [0.15, 0.2) is 21.7 Å². The van der Waals surface area contributed by atoms with Gasteiger partial charge >= 0.3 is 5.69 Å². The SMILES string of the molecule is COc1cc2[nH]c(=O)n(CCN(C)C)c(=O)c2cc1OC. The number of fused-ring (bicyclic) bond motifs is 1. The molecule has 1 aromatic heterocycles. The number of nitrogens with one attached hydrogen (secondary N) is 1. The van der Waals surface area contributed by atoms with Gasteiger partial charge in [0.1, 0.15) is 0 Å². The molecule has 0 saturated carbocycles. The minimum atomic E-state index is -0.429. The molecule has 0 unspecified atom stereocenters. The van der Waals surface area contributed by atoms with Crippen molar-refractivity contribution in [2.75, 3.05) is 34.9 Å². The van der Waals surface area contributed by atoms with E-state index in [1.54, 1.807) is 12.1 Å². The fourth-order valence-electron chi connectivity index (χ4n) is 2.08. The average Bonchev–Trinajstić information content (AvgIpc) is 2.45. The second kappa shape index (κ2) is 6.01. The van der Waals surface area contributed by atoms with Crippen molar-refractivity contribution in [3.8, 4) is 11.5 Å². The Hall–Kier alpha value is -2.28. The number of rotatable bonds is 5. The maximum Gasteiger partial charge on any atom is 0.328 e. The van der Waals surface area contributed by atoms with E-state index in [9.17, 15) is 9.59 Å². The molecule has 1 N–H and O–H groups in total. The van der Waals surface area contributed by atoms with Gasteiger partial charge in [0.05, 0.1) is 25.1 Å². The van der Waals surface area contributed by atoms with E-state index in [0.29, 0.717) is 35.5 Å². The predicted octanol–water partition coefficient (Wildman–Crippen LogP) is 0.269. The number of nitrogens with zero attached hydrogens (tertiary/aromatic N) is 2. The molecule has 1 heterocycles. The topological polar surface area (TPSA) is 76.6 Å². The molecule has 7 heteroatoms. The molecule has 2 aromatic rings. The second-order valence-electron chi connectivity index (χ2n) is 4.94. The summed E-state index contributed by atoms with van der Waals surface area (Å²) < 4.78 is 11.6. The standard InChI is InChI=1S/C14H19N3O4/c1-16(2)5-6-17-13(18)9-7-11(20-3)12(21-4)8-10(9)15-14(17)19/h7-8H,5-6H2,1-4H3,(H,15,19). The molecule has 0 fully saturated rings. The van der Waals surface area contributed by atoms with Gasteiger partial charge in [0.15, 0.2) is 11.5 Å². The Bertz CT molecular complexity index is 761. The average molecular weight is 293 g/mol. The van der Waals surface area contributed by atoms with Gasteiger partial charge in [-0.15, -0.1) is 0 Å². The van der Waals surface area contributed by atoms with Crippen LogP contribution in [0, 0.1) is 0 Å². The quantitative estimate of drug-likeness (QED) is 0.856. The lowest BCUT2D eigenvalue weighted by Crippen LogP contribution is -2.37. The molecule has 0 spiro atoms. The fourth-order valence-corrected chi connectivity index (χ4v) is 2.08. The third kappa shape index (κ3) is 2.92. The van der Waals surface area contributed by atoms with Gasteiger partial charge in [0.25, 0.3) is 5.56 Å². The van der Waals surface area contributed by atoms with Crippen LogP contribution in [0.2, 0.25) is 0 Å². The van der Waals surface area contributed by atoms with Crippen LogP contribution in [0.3, 0.4) is 0 Å². The van der Waals surface area contributed by atoms with Crippen molar-refractivity contribution in [2.24, 2.45) is 0 Å². The van der Waals surface area contributed by atoms with Gasteiger partial charge in [-0.05, 0) is 20.2 Å². The molecule has 0 saturated heterocycles. The van der Waals surface area contributed by atoms with Crippen LogP contribution in [-0.4, -0.2) is 49.3 Å². The van der Waals surface area contributed by atoms with Crippen LogP contribution in [0.4, 0.5) is 0 Å². The molecule has 0 aliphatic heterocycles. The molecule has 2 rings (SSSR count). The highest BCUT2D eigenvalue weighted by atomic mass is 16.5. The maximum absolute atomic E-state index is 12.5. The number of H-pyrrole nitrogens is 1. The third-order valence-electron chi connectivity index (χ3n) is 3.26. The number of methoxy groups -OCH3 is 2. The minimum absolute atomic E-state index is 0.325. The molecule has 0 aliphatic carbocycles. The second-order valence-corrected chi connectivity index (χ2v) is 4.94. The number of aromatic amines is 1. The van der Waals surface area contributed by atoms with Crippen molar-refractivity contribution in [3.63, 3.8) is 0 Å². The van der Waals surface area contributed by atoms with E-state index in [0.717, 1.165) is 0 Å². The molecular formula is C14H19N3O4. The smallest absolute Gasteiger partial charge is 0.328 e. The number of benzene rings is 1. The highest BCUT2D eigenvalue weighted by Crippen LogP contribution is 2.29. The molecule has 114 valence electrons. The molecule has 0 atom stereocenters.